The standard InChI is InChI=1S/C15H20N2O2/c18-15(19-11-12-5-2-1-3-6-12)17-9-13-7-4-8-14(10-17)16-13/h1-3,5-6,13-14,16H,4,7-11H2/t13-,14-/m0/s1. The van der Waals surface area contributed by atoms with Gasteiger partial charge >= 0.3 is 6.09 Å². The minimum Gasteiger partial charge on any atom is -0.445 e. The fourth-order valence-electron chi connectivity index (χ4n) is 2.96. The summed E-state index contributed by atoms with van der Waals surface area (Å²) in [4.78, 5) is 13.9. The number of piperidine rings is 1. The molecular formula is C15H20N2O2. The first kappa shape index (κ1) is 12.5. The first-order valence-electron chi connectivity index (χ1n) is 7.03. The zero-order valence-corrected chi connectivity index (χ0v) is 11.0. The molecular weight excluding hydrogens is 240 g/mol. The number of likely N-dealkylation sites (tertiary alicyclic amines) is 1. The molecule has 2 bridgehead atoms. The first-order valence-corrected chi connectivity index (χ1v) is 7.03. The van der Waals surface area contributed by atoms with Crippen molar-refractivity contribution in [1.82, 2.24) is 10.2 Å². The van der Waals surface area contributed by atoms with Crippen molar-refractivity contribution in [2.75, 3.05) is 13.1 Å². The molecule has 0 aliphatic carbocycles. The van der Waals surface area contributed by atoms with Crippen LogP contribution in [-0.4, -0.2) is 36.2 Å². The highest BCUT2D eigenvalue weighted by molar-refractivity contribution is 5.68. The van der Waals surface area contributed by atoms with Crippen LogP contribution < -0.4 is 5.32 Å². The normalized spacial score (nSPS) is 26.0. The van der Waals surface area contributed by atoms with Gasteiger partial charge in [-0.15, -0.1) is 0 Å². The molecule has 0 aromatic heterocycles. The zero-order valence-electron chi connectivity index (χ0n) is 11.0. The van der Waals surface area contributed by atoms with Crippen LogP contribution in [0.4, 0.5) is 4.79 Å². The van der Waals surface area contributed by atoms with Crippen LogP contribution in [0, 0.1) is 0 Å². The molecule has 2 aliphatic rings. The smallest absolute Gasteiger partial charge is 0.410 e. The molecule has 19 heavy (non-hydrogen) atoms. The topological polar surface area (TPSA) is 41.6 Å². The molecule has 1 aromatic carbocycles. The maximum atomic E-state index is 12.1. The van der Waals surface area contributed by atoms with Gasteiger partial charge < -0.3 is 15.0 Å². The summed E-state index contributed by atoms with van der Waals surface area (Å²) in [5, 5.41) is 3.56. The van der Waals surface area contributed by atoms with Crippen molar-refractivity contribution in [2.45, 2.75) is 38.0 Å². The summed E-state index contributed by atoms with van der Waals surface area (Å²) < 4.78 is 5.39. The second kappa shape index (κ2) is 5.61. The molecule has 1 aromatic rings. The predicted molar refractivity (Wildman–Crippen MR) is 72.8 cm³/mol. The van der Waals surface area contributed by atoms with E-state index in [1.54, 1.807) is 0 Å². The van der Waals surface area contributed by atoms with Crippen LogP contribution >= 0.6 is 0 Å². The van der Waals surface area contributed by atoms with Crippen LogP contribution in [0.1, 0.15) is 24.8 Å². The minimum atomic E-state index is -0.178. The molecule has 0 saturated carbocycles. The Morgan fingerprint density at radius 1 is 1.21 bits per heavy atom. The number of nitrogens with zero attached hydrogens (tertiary/aromatic N) is 1. The van der Waals surface area contributed by atoms with Gasteiger partial charge in [0.1, 0.15) is 6.61 Å². The van der Waals surface area contributed by atoms with Crippen LogP contribution in [0.5, 0.6) is 0 Å². The fourth-order valence-corrected chi connectivity index (χ4v) is 2.96. The van der Waals surface area contributed by atoms with Crippen molar-refractivity contribution >= 4 is 6.09 Å². The lowest BCUT2D eigenvalue weighted by molar-refractivity contribution is 0.0668. The third-order valence-corrected chi connectivity index (χ3v) is 3.92. The van der Waals surface area contributed by atoms with Gasteiger partial charge in [0.2, 0.25) is 0 Å². The van der Waals surface area contributed by atoms with Crippen LogP contribution in [-0.2, 0) is 11.3 Å². The van der Waals surface area contributed by atoms with Gasteiger partial charge in [-0.3, -0.25) is 0 Å². The van der Waals surface area contributed by atoms with Crippen molar-refractivity contribution in [3.05, 3.63) is 35.9 Å². The van der Waals surface area contributed by atoms with Gasteiger partial charge in [0.15, 0.2) is 0 Å². The van der Waals surface area contributed by atoms with Gasteiger partial charge in [-0.1, -0.05) is 36.8 Å². The summed E-state index contributed by atoms with van der Waals surface area (Å²) in [5.74, 6) is 0. The zero-order chi connectivity index (χ0) is 13.1. The maximum absolute atomic E-state index is 12.1. The van der Waals surface area contributed by atoms with E-state index < -0.39 is 0 Å². The second-order valence-corrected chi connectivity index (χ2v) is 5.44. The number of piperazine rings is 1. The quantitative estimate of drug-likeness (QED) is 0.886. The van der Waals surface area contributed by atoms with Crippen molar-refractivity contribution < 1.29 is 9.53 Å². The molecule has 2 fully saturated rings. The van der Waals surface area contributed by atoms with E-state index in [1.165, 1.54) is 19.3 Å². The molecule has 4 heteroatoms. The van der Waals surface area contributed by atoms with E-state index in [-0.39, 0.29) is 6.09 Å². The highest BCUT2D eigenvalue weighted by atomic mass is 16.6. The fraction of sp³-hybridized carbons (Fsp3) is 0.533. The number of benzene rings is 1. The van der Waals surface area contributed by atoms with Crippen molar-refractivity contribution in [3.8, 4) is 0 Å². The van der Waals surface area contributed by atoms with Crippen molar-refractivity contribution in [2.24, 2.45) is 0 Å². The van der Waals surface area contributed by atoms with Gasteiger partial charge in [-0.2, -0.15) is 0 Å². The number of rotatable bonds is 2. The molecule has 1 amide bonds. The lowest BCUT2D eigenvalue weighted by Crippen LogP contribution is -2.59. The Bertz CT molecular complexity index is 423. The molecule has 2 aliphatic heterocycles. The molecule has 0 unspecified atom stereocenters. The molecule has 0 spiro atoms. The number of fused-ring (bicyclic) bond motifs is 2. The average molecular weight is 260 g/mol. The van der Waals surface area contributed by atoms with E-state index in [1.807, 2.05) is 35.2 Å². The molecule has 2 saturated heterocycles. The third kappa shape index (κ3) is 3.07. The molecule has 2 heterocycles. The average Bonchev–Trinajstić information content (AvgIpc) is 2.45. The maximum Gasteiger partial charge on any atom is 0.410 e. The molecule has 0 radical (unpaired) electrons. The minimum absolute atomic E-state index is 0.178. The van der Waals surface area contributed by atoms with Crippen LogP contribution in [0.2, 0.25) is 0 Å². The van der Waals surface area contributed by atoms with Gasteiger partial charge in [0.05, 0.1) is 0 Å². The lowest BCUT2D eigenvalue weighted by Gasteiger charge is -2.41. The second-order valence-electron chi connectivity index (χ2n) is 5.44. The predicted octanol–water partition coefficient (Wildman–Crippen LogP) is 2.15. The summed E-state index contributed by atoms with van der Waals surface area (Å²) in [6.07, 6.45) is 3.43. The van der Waals surface area contributed by atoms with Crippen LogP contribution in [0.25, 0.3) is 0 Å². The molecule has 3 rings (SSSR count). The summed E-state index contributed by atoms with van der Waals surface area (Å²) >= 11 is 0. The number of amides is 1. The SMILES string of the molecule is O=C(OCc1ccccc1)N1C[C@@H]2CCC[C@@H](C1)N2. The number of ether oxygens (including phenoxy) is 1. The molecule has 1 N–H and O–H groups in total. The van der Waals surface area contributed by atoms with Gasteiger partial charge in [0.25, 0.3) is 0 Å². The Labute approximate surface area is 113 Å². The third-order valence-electron chi connectivity index (χ3n) is 3.92. The lowest BCUT2D eigenvalue weighted by atomic mass is 9.94. The Morgan fingerprint density at radius 2 is 1.89 bits per heavy atom. The highest BCUT2D eigenvalue weighted by Crippen LogP contribution is 2.20. The monoisotopic (exact) mass is 260 g/mol. The van der Waals surface area contributed by atoms with E-state index >= 15 is 0 Å². The van der Waals surface area contributed by atoms with Gasteiger partial charge in [-0.05, 0) is 18.4 Å². The van der Waals surface area contributed by atoms with E-state index in [0.29, 0.717) is 18.7 Å². The number of hydrogen-bond donors (Lipinski definition) is 1. The Morgan fingerprint density at radius 3 is 2.58 bits per heavy atom. The Kier molecular flexibility index (Phi) is 3.69. The van der Waals surface area contributed by atoms with Gasteiger partial charge in [-0.25, -0.2) is 4.79 Å². The van der Waals surface area contributed by atoms with Crippen LogP contribution in [0.15, 0.2) is 30.3 Å². The summed E-state index contributed by atoms with van der Waals surface area (Å²) in [5.41, 5.74) is 1.03. The number of nitrogens with one attached hydrogen (secondary N) is 1. The largest absolute Gasteiger partial charge is 0.445 e. The summed E-state index contributed by atoms with van der Waals surface area (Å²) in [6.45, 7) is 1.92. The van der Waals surface area contributed by atoms with Crippen LogP contribution in [0.3, 0.4) is 0 Å². The molecule has 4 nitrogen and oxygen atoms in total. The van der Waals surface area contributed by atoms with Crippen molar-refractivity contribution in [3.63, 3.8) is 0 Å². The van der Waals surface area contributed by atoms with E-state index in [0.717, 1.165) is 18.7 Å². The van der Waals surface area contributed by atoms with E-state index in [9.17, 15) is 4.79 Å². The first-order chi connectivity index (χ1) is 9.31. The Balaban J connectivity index is 1.53. The molecule has 102 valence electrons. The van der Waals surface area contributed by atoms with Crippen molar-refractivity contribution in [1.29, 1.82) is 0 Å². The number of carbonyl (C=O) groups is 1. The number of hydrogen-bond acceptors (Lipinski definition) is 3. The summed E-state index contributed by atoms with van der Waals surface area (Å²) in [7, 11) is 0. The van der Waals surface area contributed by atoms with E-state index in [4.69, 9.17) is 4.74 Å². The van der Waals surface area contributed by atoms with Gasteiger partial charge in [0, 0.05) is 25.2 Å². The summed E-state index contributed by atoms with van der Waals surface area (Å²) in [6, 6.07) is 10.7. The Hall–Kier alpha value is -1.55. The number of carbonyl (C=O) groups excluding carboxylic acids is 1. The molecule has 2 atom stereocenters. The van der Waals surface area contributed by atoms with E-state index in [2.05, 4.69) is 5.32 Å². The highest BCUT2D eigenvalue weighted by Gasteiger charge is 2.32.